The Hall–Kier alpha value is -1.92. The highest BCUT2D eigenvalue weighted by molar-refractivity contribution is 7.98. The van der Waals surface area contributed by atoms with Gasteiger partial charge in [-0.1, -0.05) is 30.3 Å². The molecule has 0 N–H and O–H groups in total. The van der Waals surface area contributed by atoms with Gasteiger partial charge in [-0.15, -0.1) is 11.8 Å². The molecule has 0 saturated heterocycles. The number of hydrogen-bond acceptors (Lipinski definition) is 5. The summed E-state index contributed by atoms with van der Waals surface area (Å²) >= 11 is 1.62. The number of benzene rings is 1. The monoisotopic (exact) mass is 349 g/mol. The van der Waals surface area contributed by atoms with Gasteiger partial charge in [0.2, 0.25) is 0 Å². The van der Waals surface area contributed by atoms with E-state index in [1.807, 2.05) is 30.3 Å². The normalized spacial score (nSPS) is 11.9. The molecule has 1 unspecified atom stereocenters. The van der Waals surface area contributed by atoms with Crippen LogP contribution in [0.4, 0.5) is 4.39 Å². The molecule has 0 aliphatic carbocycles. The van der Waals surface area contributed by atoms with Crippen LogP contribution in [0.15, 0.2) is 53.6 Å². The lowest BCUT2D eigenvalue weighted by atomic mass is 10.2. The SMILES string of the molecule is COCC(=O)OCC(F)Cc1ncccc1SCc1ccccc1. The first-order valence-corrected chi connectivity index (χ1v) is 8.57. The quantitative estimate of drug-likeness (QED) is 0.513. The van der Waals surface area contributed by atoms with Gasteiger partial charge in [0, 0.05) is 30.4 Å². The van der Waals surface area contributed by atoms with Gasteiger partial charge in [0.05, 0.1) is 5.69 Å². The molecule has 0 spiro atoms. The van der Waals surface area contributed by atoms with Crippen LogP contribution in [0.25, 0.3) is 0 Å². The van der Waals surface area contributed by atoms with Crippen molar-refractivity contribution in [2.75, 3.05) is 20.3 Å². The first kappa shape index (κ1) is 18.4. The molecule has 128 valence electrons. The van der Waals surface area contributed by atoms with Crippen LogP contribution in [0.1, 0.15) is 11.3 Å². The summed E-state index contributed by atoms with van der Waals surface area (Å²) < 4.78 is 23.5. The fourth-order valence-corrected chi connectivity index (χ4v) is 3.05. The number of ether oxygens (including phenoxy) is 2. The lowest BCUT2D eigenvalue weighted by Gasteiger charge is -2.12. The molecular weight excluding hydrogens is 329 g/mol. The molecule has 0 saturated carbocycles. The van der Waals surface area contributed by atoms with Gasteiger partial charge < -0.3 is 9.47 Å². The van der Waals surface area contributed by atoms with Crippen molar-refractivity contribution >= 4 is 17.7 Å². The molecule has 6 heteroatoms. The summed E-state index contributed by atoms with van der Waals surface area (Å²) in [4.78, 5) is 16.4. The third-order valence-corrected chi connectivity index (χ3v) is 4.35. The van der Waals surface area contributed by atoms with Crippen molar-refractivity contribution in [2.45, 2.75) is 23.2 Å². The van der Waals surface area contributed by atoms with Crippen molar-refractivity contribution in [3.05, 3.63) is 59.9 Å². The Morgan fingerprint density at radius 1 is 1.25 bits per heavy atom. The maximum Gasteiger partial charge on any atom is 0.332 e. The zero-order valence-electron chi connectivity index (χ0n) is 13.5. The van der Waals surface area contributed by atoms with Gasteiger partial charge in [-0.25, -0.2) is 9.18 Å². The molecule has 4 nitrogen and oxygen atoms in total. The van der Waals surface area contributed by atoms with Gasteiger partial charge in [0.25, 0.3) is 0 Å². The second kappa shape index (κ2) is 10.1. The first-order chi connectivity index (χ1) is 11.7. The molecule has 0 bridgehead atoms. The number of esters is 1. The maximum absolute atomic E-state index is 14.1. The molecular formula is C18H20FNO3S. The Morgan fingerprint density at radius 2 is 2.04 bits per heavy atom. The highest BCUT2D eigenvalue weighted by atomic mass is 32.2. The van der Waals surface area contributed by atoms with Crippen LogP contribution in [0.2, 0.25) is 0 Å². The molecule has 0 aliphatic rings. The molecule has 1 heterocycles. The average Bonchev–Trinajstić information content (AvgIpc) is 2.60. The van der Waals surface area contributed by atoms with Gasteiger partial charge in [0.15, 0.2) is 0 Å². The minimum absolute atomic E-state index is 0.109. The number of thioether (sulfide) groups is 1. The molecule has 1 atom stereocenters. The van der Waals surface area contributed by atoms with E-state index in [4.69, 9.17) is 4.74 Å². The molecule has 0 amide bonds. The Labute approximate surface area is 145 Å². The number of hydrogen-bond donors (Lipinski definition) is 0. The molecule has 1 aromatic heterocycles. The topological polar surface area (TPSA) is 48.4 Å². The molecule has 2 aromatic rings. The minimum atomic E-state index is -1.29. The lowest BCUT2D eigenvalue weighted by molar-refractivity contribution is -0.149. The Balaban J connectivity index is 1.89. The predicted octanol–water partition coefficient (Wildman–Crippen LogP) is 3.44. The van der Waals surface area contributed by atoms with Crippen LogP contribution in [0.3, 0.4) is 0 Å². The standard InChI is InChI=1S/C18H20FNO3S/c1-22-12-18(21)23-11-15(19)10-16-17(8-5-9-20-16)24-13-14-6-3-2-4-7-14/h2-9,15H,10-13H2,1H3. The van der Waals surface area contributed by atoms with Crippen LogP contribution < -0.4 is 0 Å². The van der Waals surface area contributed by atoms with Crippen LogP contribution in [-0.4, -0.2) is 37.4 Å². The highest BCUT2D eigenvalue weighted by Crippen LogP contribution is 2.26. The third-order valence-electron chi connectivity index (χ3n) is 3.19. The zero-order valence-corrected chi connectivity index (χ0v) is 14.3. The highest BCUT2D eigenvalue weighted by Gasteiger charge is 2.15. The average molecular weight is 349 g/mol. The Kier molecular flexibility index (Phi) is 7.71. The molecule has 0 fully saturated rings. The van der Waals surface area contributed by atoms with Gasteiger partial charge in [-0.05, 0) is 17.7 Å². The molecule has 0 radical (unpaired) electrons. The van der Waals surface area contributed by atoms with Gasteiger partial charge in [0.1, 0.15) is 19.4 Å². The minimum Gasteiger partial charge on any atom is -0.461 e. The van der Waals surface area contributed by atoms with Crippen molar-refractivity contribution < 1.29 is 18.7 Å². The van der Waals surface area contributed by atoms with Crippen molar-refractivity contribution in [1.82, 2.24) is 4.98 Å². The first-order valence-electron chi connectivity index (χ1n) is 7.58. The smallest absolute Gasteiger partial charge is 0.332 e. The van der Waals surface area contributed by atoms with Crippen LogP contribution in [0, 0.1) is 0 Å². The predicted molar refractivity (Wildman–Crippen MR) is 91.7 cm³/mol. The fraction of sp³-hybridized carbons (Fsp3) is 0.333. The van der Waals surface area contributed by atoms with E-state index in [0.29, 0.717) is 5.69 Å². The summed E-state index contributed by atoms with van der Waals surface area (Å²) in [5, 5.41) is 0. The lowest BCUT2D eigenvalue weighted by Crippen LogP contribution is -2.20. The van der Waals surface area contributed by atoms with E-state index in [2.05, 4.69) is 21.9 Å². The van der Waals surface area contributed by atoms with Crippen molar-refractivity contribution in [3.8, 4) is 0 Å². The van der Waals surface area contributed by atoms with Crippen molar-refractivity contribution in [3.63, 3.8) is 0 Å². The van der Waals surface area contributed by atoms with E-state index in [1.165, 1.54) is 12.7 Å². The number of rotatable bonds is 9. The van der Waals surface area contributed by atoms with E-state index in [9.17, 15) is 9.18 Å². The Bertz CT molecular complexity index is 639. The number of pyridine rings is 1. The number of carbonyl (C=O) groups excluding carboxylic acids is 1. The van der Waals surface area contributed by atoms with Gasteiger partial charge in [-0.2, -0.15) is 0 Å². The number of methoxy groups -OCH3 is 1. The third kappa shape index (κ3) is 6.29. The number of halogens is 1. The van der Waals surface area contributed by atoms with E-state index in [1.54, 1.807) is 18.0 Å². The molecule has 2 rings (SSSR count). The van der Waals surface area contributed by atoms with Crippen LogP contribution in [-0.2, 0) is 26.4 Å². The summed E-state index contributed by atoms with van der Waals surface area (Å²) in [7, 11) is 1.39. The summed E-state index contributed by atoms with van der Waals surface area (Å²) in [5.41, 5.74) is 1.87. The second-order valence-corrected chi connectivity index (χ2v) is 6.16. The fourth-order valence-electron chi connectivity index (χ4n) is 2.05. The molecule has 24 heavy (non-hydrogen) atoms. The zero-order chi connectivity index (χ0) is 17.2. The van der Waals surface area contributed by atoms with Gasteiger partial charge in [-0.3, -0.25) is 4.98 Å². The summed E-state index contributed by atoms with van der Waals surface area (Å²) in [6, 6.07) is 13.8. The van der Waals surface area contributed by atoms with Gasteiger partial charge >= 0.3 is 5.97 Å². The summed E-state index contributed by atoms with van der Waals surface area (Å²) in [5.74, 6) is 0.221. The van der Waals surface area contributed by atoms with Crippen LogP contribution in [0.5, 0.6) is 0 Å². The number of carbonyl (C=O) groups is 1. The summed E-state index contributed by atoms with van der Waals surface area (Å²) in [6.45, 7) is -0.462. The number of aromatic nitrogens is 1. The van der Waals surface area contributed by atoms with Crippen molar-refractivity contribution in [2.24, 2.45) is 0 Å². The largest absolute Gasteiger partial charge is 0.461 e. The summed E-state index contributed by atoms with van der Waals surface area (Å²) in [6.07, 6.45) is 0.459. The van der Waals surface area contributed by atoms with Crippen LogP contribution >= 0.6 is 11.8 Å². The van der Waals surface area contributed by atoms with E-state index < -0.39 is 12.1 Å². The molecule has 0 aliphatic heterocycles. The molecule has 1 aromatic carbocycles. The second-order valence-electron chi connectivity index (χ2n) is 5.14. The number of nitrogens with zero attached hydrogens (tertiary/aromatic N) is 1. The maximum atomic E-state index is 14.1. The van der Waals surface area contributed by atoms with Crippen molar-refractivity contribution in [1.29, 1.82) is 0 Å². The number of alkyl halides is 1. The van der Waals surface area contributed by atoms with E-state index in [-0.39, 0.29) is 19.6 Å². The van der Waals surface area contributed by atoms with E-state index >= 15 is 0 Å². The van der Waals surface area contributed by atoms with E-state index in [0.717, 1.165) is 10.6 Å². The Morgan fingerprint density at radius 3 is 2.79 bits per heavy atom.